The lowest BCUT2D eigenvalue weighted by molar-refractivity contribution is -0.123. The summed E-state index contributed by atoms with van der Waals surface area (Å²) < 4.78 is 0. The predicted molar refractivity (Wildman–Crippen MR) is 72.3 cm³/mol. The minimum Gasteiger partial charge on any atom is -0.393 e. The molecule has 0 radical (unpaired) electrons. The number of hydrogen-bond donors (Lipinski definition) is 2. The molecule has 0 rings (SSSR count). The molecule has 0 aromatic rings. The monoisotopic (exact) mass is 244 g/mol. The number of rotatable bonds is 6. The van der Waals surface area contributed by atoms with Gasteiger partial charge in [-0.2, -0.15) is 0 Å². The van der Waals surface area contributed by atoms with Gasteiger partial charge in [0, 0.05) is 6.54 Å². The molecule has 16 heavy (non-hydrogen) atoms. The van der Waals surface area contributed by atoms with Crippen LogP contribution in [0.1, 0.15) is 47.0 Å². The fourth-order valence-corrected chi connectivity index (χ4v) is 1.60. The number of carbonyl (C=O) groups is 1. The Labute approximate surface area is 104 Å². The van der Waals surface area contributed by atoms with E-state index in [4.69, 9.17) is 18.0 Å². The van der Waals surface area contributed by atoms with Crippen molar-refractivity contribution in [3.63, 3.8) is 0 Å². The quantitative estimate of drug-likeness (QED) is 0.705. The van der Waals surface area contributed by atoms with Crippen molar-refractivity contribution in [1.29, 1.82) is 0 Å². The Morgan fingerprint density at radius 2 is 2.00 bits per heavy atom. The molecule has 0 bridgehead atoms. The van der Waals surface area contributed by atoms with Gasteiger partial charge >= 0.3 is 0 Å². The van der Waals surface area contributed by atoms with Crippen molar-refractivity contribution in [3.05, 3.63) is 0 Å². The molecular weight excluding hydrogens is 220 g/mol. The molecule has 1 unspecified atom stereocenters. The molecule has 3 nitrogen and oxygen atoms in total. The molecule has 4 heteroatoms. The molecule has 1 atom stereocenters. The van der Waals surface area contributed by atoms with Crippen LogP contribution in [0.2, 0.25) is 0 Å². The highest BCUT2D eigenvalue weighted by Gasteiger charge is 2.20. The first-order valence-corrected chi connectivity index (χ1v) is 6.25. The molecule has 0 heterocycles. The lowest BCUT2D eigenvalue weighted by Gasteiger charge is -2.20. The molecule has 0 aromatic carbocycles. The largest absolute Gasteiger partial charge is 0.393 e. The summed E-state index contributed by atoms with van der Waals surface area (Å²) in [5.74, 6) is -0.335. The summed E-state index contributed by atoms with van der Waals surface area (Å²) in [5.41, 5.74) is 5.78. The summed E-state index contributed by atoms with van der Waals surface area (Å²) in [7, 11) is 0. The molecule has 94 valence electrons. The van der Waals surface area contributed by atoms with Crippen LogP contribution in [0.5, 0.6) is 0 Å². The Bertz CT molecular complexity index is 246. The van der Waals surface area contributed by atoms with Crippen molar-refractivity contribution in [2.75, 3.05) is 6.54 Å². The van der Waals surface area contributed by atoms with Crippen molar-refractivity contribution in [2.24, 2.45) is 17.1 Å². The van der Waals surface area contributed by atoms with E-state index in [2.05, 4.69) is 26.1 Å². The summed E-state index contributed by atoms with van der Waals surface area (Å²) in [4.78, 5) is 12.1. The fraction of sp³-hybridized carbons (Fsp3) is 0.833. The third kappa shape index (κ3) is 6.77. The van der Waals surface area contributed by atoms with Crippen molar-refractivity contribution in [2.45, 2.75) is 47.0 Å². The number of nitrogens with two attached hydrogens (primary N) is 1. The average Bonchev–Trinajstić information content (AvgIpc) is 2.11. The van der Waals surface area contributed by atoms with Crippen LogP contribution in [0.3, 0.4) is 0 Å². The first-order valence-electron chi connectivity index (χ1n) is 5.85. The highest BCUT2D eigenvalue weighted by Crippen LogP contribution is 2.17. The van der Waals surface area contributed by atoms with E-state index in [0.717, 1.165) is 19.3 Å². The standard InChI is InChI=1S/C12H24N2OS/c1-5-6-9(10(13)16)11(15)14-8-7-12(2,3)4/h9H,5-8H2,1-4H3,(H2,13,16)(H,14,15). The normalized spacial score (nSPS) is 13.2. The zero-order chi connectivity index (χ0) is 12.8. The van der Waals surface area contributed by atoms with Crippen LogP contribution in [0.4, 0.5) is 0 Å². The van der Waals surface area contributed by atoms with Crippen LogP contribution < -0.4 is 11.1 Å². The van der Waals surface area contributed by atoms with Gasteiger partial charge in [-0.05, 0) is 18.3 Å². The predicted octanol–water partition coefficient (Wildman–Crippen LogP) is 2.24. The summed E-state index contributed by atoms with van der Waals surface area (Å²) in [6.07, 6.45) is 2.60. The molecular formula is C12H24N2OS. The highest BCUT2D eigenvalue weighted by atomic mass is 32.1. The maximum absolute atomic E-state index is 11.8. The van der Waals surface area contributed by atoms with E-state index in [0.29, 0.717) is 11.5 Å². The van der Waals surface area contributed by atoms with Gasteiger partial charge in [0.25, 0.3) is 0 Å². The van der Waals surface area contributed by atoms with Gasteiger partial charge in [0.05, 0.1) is 10.9 Å². The Hall–Kier alpha value is -0.640. The van der Waals surface area contributed by atoms with E-state index in [1.807, 2.05) is 6.92 Å². The van der Waals surface area contributed by atoms with E-state index < -0.39 is 0 Å². The van der Waals surface area contributed by atoms with Crippen LogP contribution in [0.25, 0.3) is 0 Å². The molecule has 0 saturated heterocycles. The number of thiocarbonyl (C=S) groups is 1. The molecule has 0 fully saturated rings. The number of amides is 1. The fourth-order valence-electron chi connectivity index (χ4n) is 1.38. The summed E-state index contributed by atoms with van der Waals surface area (Å²) in [6, 6.07) is 0. The smallest absolute Gasteiger partial charge is 0.229 e. The van der Waals surface area contributed by atoms with Gasteiger partial charge in [0.15, 0.2) is 0 Å². The Morgan fingerprint density at radius 3 is 2.38 bits per heavy atom. The average molecular weight is 244 g/mol. The van der Waals surface area contributed by atoms with Gasteiger partial charge in [-0.3, -0.25) is 4.79 Å². The van der Waals surface area contributed by atoms with E-state index in [1.165, 1.54) is 0 Å². The van der Waals surface area contributed by atoms with Crippen LogP contribution in [0, 0.1) is 11.3 Å². The van der Waals surface area contributed by atoms with Crippen LogP contribution in [0.15, 0.2) is 0 Å². The zero-order valence-corrected chi connectivity index (χ0v) is 11.6. The molecule has 0 spiro atoms. The second-order valence-electron chi connectivity index (χ2n) is 5.35. The first-order chi connectivity index (χ1) is 7.28. The number of carbonyl (C=O) groups excluding carboxylic acids is 1. The van der Waals surface area contributed by atoms with Gasteiger partial charge in [-0.25, -0.2) is 0 Å². The minimum absolute atomic E-state index is 0.0291. The van der Waals surface area contributed by atoms with Gasteiger partial charge in [-0.15, -0.1) is 0 Å². The van der Waals surface area contributed by atoms with Crippen molar-refractivity contribution < 1.29 is 4.79 Å². The molecule has 0 aliphatic heterocycles. The summed E-state index contributed by atoms with van der Waals surface area (Å²) in [6.45, 7) is 9.15. The van der Waals surface area contributed by atoms with E-state index in [9.17, 15) is 4.79 Å². The maximum Gasteiger partial charge on any atom is 0.229 e. The third-order valence-electron chi connectivity index (χ3n) is 2.41. The van der Waals surface area contributed by atoms with E-state index in [-0.39, 0.29) is 17.2 Å². The van der Waals surface area contributed by atoms with Gasteiger partial charge in [0.2, 0.25) is 5.91 Å². The second-order valence-corrected chi connectivity index (χ2v) is 5.82. The summed E-state index contributed by atoms with van der Waals surface area (Å²) >= 11 is 4.90. The van der Waals surface area contributed by atoms with Crippen molar-refractivity contribution in [3.8, 4) is 0 Å². The van der Waals surface area contributed by atoms with Gasteiger partial charge < -0.3 is 11.1 Å². The number of nitrogens with one attached hydrogen (secondary N) is 1. The maximum atomic E-state index is 11.8. The molecule has 0 aliphatic rings. The Balaban J connectivity index is 4.07. The molecule has 3 N–H and O–H groups in total. The molecule has 0 aromatic heterocycles. The molecule has 1 amide bonds. The second kappa shape index (κ2) is 6.84. The third-order valence-corrected chi connectivity index (χ3v) is 2.70. The lowest BCUT2D eigenvalue weighted by Crippen LogP contribution is -2.38. The Kier molecular flexibility index (Phi) is 6.56. The summed E-state index contributed by atoms with van der Waals surface area (Å²) in [5, 5.41) is 2.90. The molecule has 0 aliphatic carbocycles. The first kappa shape index (κ1) is 15.4. The van der Waals surface area contributed by atoms with E-state index >= 15 is 0 Å². The van der Waals surface area contributed by atoms with Crippen molar-refractivity contribution >= 4 is 23.1 Å². The highest BCUT2D eigenvalue weighted by molar-refractivity contribution is 7.80. The van der Waals surface area contributed by atoms with Crippen LogP contribution in [-0.2, 0) is 4.79 Å². The minimum atomic E-state index is -0.306. The topological polar surface area (TPSA) is 55.1 Å². The van der Waals surface area contributed by atoms with Crippen molar-refractivity contribution in [1.82, 2.24) is 5.32 Å². The molecule has 0 saturated carbocycles. The van der Waals surface area contributed by atoms with E-state index in [1.54, 1.807) is 0 Å². The van der Waals surface area contributed by atoms with Crippen LogP contribution in [-0.4, -0.2) is 17.4 Å². The van der Waals surface area contributed by atoms with Gasteiger partial charge in [0.1, 0.15) is 0 Å². The SMILES string of the molecule is CCCC(C(=O)NCCC(C)(C)C)C(N)=S. The van der Waals surface area contributed by atoms with Crippen LogP contribution >= 0.6 is 12.2 Å². The Morgan fingerprint density at radius 1 is 1.44 bits per heavy atom. The number of hydrogen-bond acceptors (Lipinski definition) is 2. The lowest BCUT2D eigenvalue weighted by atomic mass is 9.92. The van der Waals surface area contributed by atoms with Gasteiger partial charge in [-0.1, -0.05) is 46.3 Å². The zero-order valence-electron chi connectivity index (χ0n) is 10.8.